The van der Waals surface area contributed by atoms with Crippen molar-refractivity contribution >= 4 is 42.4 Å². The Morgan fingerprint density at radius 2 is 2.00 bits per heavy atom. The first-order valence-corrected chi connectivity index (χ1v) is 16.4. The smallest absolute Gasteiger partial charge is 0.261 e. The first-order valence-electron chi connectivity index (χ1n) is 13.0. The molecule has 3 aliphatic rings. The van der Waals surface area contributed by atoms with Gasteiger partial charge in [0.15, 0.2) is 5.60 Å². The van der Waals surface area contributed by atoms with Crippen LogP contribution >= 0.6 is 11.6 Å². The van der Waals surface area contributed by atoms with Crippen molar-refractivity contribution in [1.29, 1.82) is 0 Å². The van der Waals surface area contributed by atoms with Crippen molar-refractivity contribution in [1.82, 2.24) is 4.90 Å². The van der Waals surface area contributed by atoms with Gasteiger partial charge in [-0.3, -0.25) is 9.59 Å². The van der Waals surface area contributed by atoms with E-state index in [2.05, 4.69) is 37.5 Å². The number of hydrogen-bond donors (Lipinski definition) is 2. The Hall–Kier alpha value is -2.39. The van der Waals surface area contributed by atoms with Gasteiger partial charge in [-0.15, -0.1) is 0 Å². The van der Waals surface area contributed by atoms with Crippen LogP contribution in [0.15, 0.2) is 42.5 Å². The summed E-state index contributed by atoms with van der Waals surface area (Å²) in [5.74, 6) is 0.363. The van der Waals surface area contributed by atoms with Crippen LogP contribution in [0.25, 0.3) is 0 Å². The van der Waals surface area contributed by atoms with E-state index in [9.17, 15) is 14.7 Å². The fourth-order valence-corrected chi connectivity index (χ4v) is 11.1. The lowest BCUT2D eigenvalue weighted by atomic mass is 9.82. The maximum absolute atomic E-state index is 13.6. The molecule has 3 aliphatic heterocycles. The summed E-state index contributed by atoms with van der Waals surface area (Å²) in [5, 5.41) is 14.6. The van der Waals surface area contributed by atoms with E-state index >= 15 is 0 Å². The normalized spacial score (nSPS) is 29.0. The number of ether oxygens (including phenoxy) is 2. The summed E-state index contributed by atoms with van der Waals surface area (Å²) in [5.41, 5.74) is 0.200. The summed E-state index contributed by atoms with van der Waals surface area (Å²) in [6, 6.07) is 13.4. The van der Waals surface area contributed by atoms with Crippen LogP contribution in [-0.4, -0.2) is 62.3 Å². The molecule has 37 heavy (non-hydrogen) atoms. The second-order valence-electron chi connectivity index (χ2n) is 11.1. The van der Waals surface area contributed by atoms with E-state index in [-0.39, 0.29) is 42.3 Å². The van der Waals surface area contributed by atoms with Crippen molar-refractivity contribution in [3.05, 3.63) is 53.1 Å². The number of amides is 2. The molecule has 2 N–H and O–H groups in total. The summed E-state index contributed by atoms with van der Waals surface area (Å²) in [6.45, 7) is 7.25. The van der Waals surface area contributed by atoms with Crippen LogP contribution in [0.1, 0.15) is 31.7 Å². The van der Waals surface area contributed by atoms with Crippen molar-refractivity contribution in [2.45, 2.75) is 62.6 Å². The number of carbonyl (C=O) groups is 2. The molecule has 0 radical (unpaired) electrons. The average Bonchev–Trinajstić information content (AvgIpc) is 3.55. The molecule has 9 heteroatoms. The second kappa shape index (κ2) is 9.73. The molecule has 198 valence electrons. The number of methoxy groups -OCH3 is 1. The van der Waals surface area contributed by atoms with Gasteiger partial charge in [0, 0.05) is 28.7 Å². The third-order valence-corrected chi connectivity index (χ3v) is 13.4. The van der Waals surface area contributed by atoms with Crippen LogP contribution < -0.4 is 15.2 Å². The maximum atomic E-state index is 13.6. The van der Waals surface area contributed by atoms with E-state index in [0.717, 1.165) is 24.2 Å². The van der Waals surface area contributed by atoms with Crippen LogP contribution in [0.2, 0.25) is 23.7 Å². The fraction of sp³-hybridized carbons (Fsp3) is 0.500. The number of nitrogens with one attached hydrogen (secondary N) is 1. The number of rotatable bonds is 6. The van der Waals surface area contributed by atoms with Crippen molar-refractivity contribution in [2.24, 2.45) is 5.92 Å². The number of anilines is 1. The Kier molecular flexibility index (Phi) is 6.89. The molecule has 7 nitrogen and oxygen atoms in total. The monoisotopic (exact) mass is 542 g/mol. The molecular formula is C28H35ClN2O5Si. The highest BCUT2D eigenvalue weighted by Crippen LogP contribution is 2.58. The molecule has 2 aromatic rings. The minimum Gasteiger partial charge on any atom is -0.497 e. The van der Waals surface area contributed by atoms with Gasteiger partial charge in [-0.1, -0.05) is 48.9 Å². The van der Waals surface area contributed by atoms with Crippen LogP contribution in [-0.2, 0) is 19.9 Å². The Labute approximate surface area is 224 Å². The Morgan fingerprint density at radius 3 is 2.68 bits per heavy atom. The number of fused-ring (bicyclic) bond motifs is 2. The van der Waals surface area contributed by atoms with Crippen LogP contribution in [0, 0.1) is 5.92 Å². The number of carbonyl (C=O) groups excluding carboxylic acids is 2. The molecule has 2 fully saturated rings. The van der Waals surface area contributed by atoms with E-state index in [1.807, 2.05) is 24.3 Å². The van der Waals surface area contributed by atoms with Gasteiger partial charge < -0.3 is 24.8 Å². The summed E-state index contributed by atoms with van der Waals surface area (Å²) >= 11 is 6.39. The van der Waals surface area contributed by atoms with Gasteiger partial charge >= 0.3 is 0 Å². The summed E-state index contributed by atoms with van der Waals surface area (Å²) in [7, 11) is -0.664. The maximum Gasteiger partial charge on any atom is 0.261 e. The summed E-state index contributed by atoms with van der Waals surface area (Å²) in [6.07, 6.45) is 1.40. The molecule has 0 saturated carbocycles. The quantitative estimate of drug-likeness (QED) is 0.541. The number of benzene rings is 2. The van der Waals surface area contributed by atoms with E-state index in [0.29, 0.717) is 17.3 Å². The summed E-state index contributed by atoms with van der Waals surface area (Å²) < 4.78 is 12.2. The number of aliphatic hydroxyl groups excluding tert-OH is 1. The number of likely N-dealkylation sites (tertiary alicyclic amines) is 1. The number of aliphatic hydroxyl groups is 1. The highest BCUT2D eigenvalue weighted by atomic mass is 35.5. The fourth-order valence-electron chi connectivity index (χ4n) is 6.95. The van der Waals surface area contributed by atoms with Gasteiger partial charge in [0.1, 0.15) is 5.75 Å². The lowest BCUT2D eigenvalue weighted by molar-refractivity contribution is -0.148. The standard InChI is InChI=1S/C28H35ClN2O5Si/c1-17-26(37(3,4)21-10-8-20(35-2)9-11-21)24(15-25(33)31-13-5-6-19(31)16-32)36-28(17)22-14-18(29)7-12-23(22)30-27(28)34/h7-12,14,17,19,24,26,32H,5-6,13,15-16H2,1-4H3,(H,30,34)/t17-,19+,24+,26-,28+/m1/s1. The molecule has 5 atom stereocenters. The third-order valence-electron chi connectivity index (χ3n) is 8.84. The van der Waals surface area contributed by atoms with Crippen LogP contribution in [0.5, 0.6) is 5.75 Å². The van der Waals surface area contributed by atoms with Gasteiger partial charge in [0.05, 0.1) is 40.4 Å². The number of hydrogen-bond acceptors (Lipinski definition) is 5. The Morgan fingerprint density at radius 1 is 1.27 bits per heavy atom. The summed E-state index contributed by atoms with van der Waals surface area (Å²) in [4.78, 5) is 29.0. The first kappa shape index (κ1) is 26.2. The highest BCUT2D eigenvalue weighted by Gasteiger charge is 2.65. The zero-order valence-corrected chi connectivity index (χ0v) is 23.5. The van der Waals surface area contributed by atoms with E-state index in [4.69, 9.17) is 21.1 Å². The number of halogens is 1. The van der Waals surface area contributed by atoms with E-state index in [1.165, 1.54) is 5.19 Å². The molecule has 3 heterocycles. The largest absolute Gasteiger partial charge is 0.497 e. The van der Waals surface area contributed by atoms with Gasteiger partial charge in [0.2, 0.25) is 5.91 Å². The molecule has 0 unspecified atom stereocenters. The van der Waals surface area contributed by atoms with Crippen molar-refractivity contribution < 1.29 is 24.2 Å². The third kappa shape index (κ3) is 4.18. The second-order valence-corrected chi connectivity index (χ2v) is 16.2. The SMILES string of the molecule is COc1ccc([Si](C)(C)[C@H]2[C@H](CC(=O)N3CCC[C@H]3CO)O[C@@]3(C(=O)Nc4ccc(Cl)cc43)[C@@H]2C)cc1. The van der Waals surface area contributed by atoms with Crippen molar-refractivity contribution in [3.8, 4) is 5.75 Å². The average molecular weight is 543 g/mol. The molecule has 1 spiro atoms. The lowest BCUT2D eigenvalue weighted by Gasteiger charge is -2.37. The van der Waals surface area contributed by atoms with Gasteiger partial charge in [0.25, 0.3) is 5.91 Å². The topological polar surface area (TPSA) is 88.1 Å². The van der Waals surface area contributed by atoms with E-state index in [1.54, 1.807) is 18.1 Å². The highest BCUT2D eigenvalue weighted by molar-refractivity contribution is 6.91. The molecule has 0 aromatic heterocycles. The minimum atomic E-state index is -2.31. The van der Waals surface area contributed by atoms with Gasteiger partial charge in [-0.05, 0) is 48.7 Å². The van der Waals surface area contributed by atoms with Crippen LogP contribution in [0.3, 0.4) is 0 Å². The lowest BCUT2D eigenvalue weighted by Crippen LogP contribution is -2.52. The molecular weight excluding hydrogens is 508 g/mol. The predicted molar refractivity (Wildman–Crippen MR) is 146 cm³/mol. The minimum absolute atomic E-state index is 0.0277. The molecule has 2 saturated heterocycles. The molecule has 0 bridgehead atoms. The molecule has 2 aromatic carbocycles. The Balaban J connectivity index is 1.57. The molecule has 0 aliphatic carbocycles. The van der Waals surface area contributed by atoms with E-state index < -0.39 is 19.8 Å². The zero-order chi connectivity index (χ0) is 26.5. The van der Waals surface area contributed by atoms with Crippen LogP contribution in [0.4, 0.5) is 5.69 Å². The van der Waals surface area contributed by atoms with Crippen molar-refractivity contribution in [2.75, 3.05) is 25.6 Å². The van der Waals surface area contributed by atoms with Gasteiger partial charge in [-0.25, -0.2) is 0 Å². The predicted octanol–water partition coefficient (Wildman–Crippen LogP) is 3.89. The van der Waals surface area contributed by atoms with Gasteiger partial charge in [-0.2, -0.15) is 0 Å². The number of nitrogens with zero attached hydrogens (tertiary/aromatic N) is 1. The first-order chi connectivity index (χ1) is 17.6. The molecule has 5 rings (SSSR count). The zero-order valence-electron chi connectivity index (χ0n) is 21.8. The van der Waals surface area contributed by atoms with Crippen molar-refractivity contribution in [3.63, 3.8) is 0 Å². The molecule has 2 amide bonds. The Bertz CT molecular complexity index is 1210.